The molecule has 3 nitrogen and oxygen atoms in total. The van der Waals surface area contributed by atoms with Crippen molar-refractivity contribution in [1.82, 2.24) is 4.90 Å². The first-order valence-corrected chi connectivity index (χ1v) is 9.91. The second-order valence-corrected chi connectivity index (χ2v) is 7.71. The lowest BCUT2D eigenvalue weighted by atomic mass is 10.2. The molecule has 1 fully saturated rings. The number of benzene rings is 2. The summed E-state index contributed by atoms with van der Waals surface area (Å²) in [5.41, 5.74) is 0.553. The molecule has 0 radical (unpaired) electrons. The largest absolute Gasteiger partial charge is 0.416 e. The van der Waals surface area contributed by atoms with Crippen molar-refractivity contribution >= 4 is 17.4 Å². The van der Waals surface area contributed by atoms with Crippen molar-refractivity contribution in [3.63, 3.8) is 0 Å². The molecule has 0 amide bonds. The average Bonchev–Trinajstić information content (AvgIpc) is 2.67. The summed E-state index contributed by atoms with van der Waals surface area (Å²) in [6, 6.07) is 15.5. The van der Waals surface area contributed by atoms with Gasteiger partial charge in [0.25, 0.3) is 0 Å². The zero-order valence-electron chi connectivity index (χ0n) is 14.9. The van der Waals surface area contributed by atoms with Crippen molar-refractivity contribution in [2.75, 3.05) is 43.4 Å². The van der Waals surface area contributed by atoms with E-state index < -0.39 is 17.8 Å². The lowest BCUT2D eigenvalue weighted by molar-refractivity contribution is -0.137. The fourth-order valence-corrected chi connectivity index (χ4v) is 4.01. The predicted molar refractivity (Wildman–Crippen MR) is 103 cm³/mol. The Morgan fingerprint density at radius 3 is 2.33 bits per heavy atom. The zero-order chi connectivity index (χ0) is 19.3. The van der Waals surface area contributed by atoms with E-state index in [0.717, 1.165) is 38.3 Å². The van der Waals surface area contributed by atoms with Crippen LogP contribution in [0.1, 0.15) is 5.56 Å². The van der Waals surface area contributed by atoms with Crippen LogP contribution >= 0.6 is 11.8 Å². The number of rotatable bonds is 6. The lowest BCUT2D eigenvalue weighted by Gasteiger charge is -2.36. The highest BCUT2D eigenvalue weighted by Crippen LogP contribution is 2.32. The second-order valence-electron chi connectivity index (χ2n) is 6.61. The van der Waals surface area contributed by atoms with E-state index in [4.69, 9.17) is 0 Å². The van der Waals surface area contributed by atoms with Gasteiger partial charge in [-0.15, -0.1) is 11.8 Å². The highest BCUT2D eigenvalue weighted by molar-refractivity contribution is 7.99. The first kappa shape index (κ1) is 20.0. The van der Waals surface area contributed by atoms with E-state index in [2.05, 4.69) is 21.9 Å². The molecule has 1 aliphatic heterocycles. The van der Waals surface area contributed by atoms with Gasteiger partial charge in [-0.05, 0) is 30.3 Å². The van der Waals surface area contributed by atoms with Gasteiger partial charge in [0.1, 0.15) is 0 Å². The van der Waals surface area contributed by atoms with Crippen LogP contribution in [-0.2, 0) is 6.18 Å². The van der Waals surface area contributed by atoms with E-state index in [-0.39, 0.29) is 0 Å². The summed E-state index contributed by atoms with van der Waals surface area (Å²) in [5.74, 6) is 0.375. The number of alkyl halides is 3. The predicted octanol–water partition coefficient (Wildman–Crippen LogP) is 3.98. The van der Waals surface area contributed by atoms with Crippen molar-refractivity contribution in [2.24, 2.45) is 0 Å². The second kappa shape index (κ2) is 8.99. The van der Waals surface area contributed by atoms with Gasteiger partial charge in [0, 0.05) is 49.1 Å². The van der Waals surface area contributed by atoms with Gasteiger partial charge in [0.2, 0.25) is 0 Å². The molecule has 2 aromatic carbocycles. The van der Waals surface area contributed by atoms with Crippen LogP contribution in [0, 0.1) is 0 Å². The number of β-amino-alcohol motifs (C(OH)–C–C–N with tert-alkyl or cyclic N) is 1. The van der Waals surface area contributed by atoms with Crippen LogP contribution in [0.25, 0.3) is 0 Å². The third kappa shape index (κ3) is 5.89. The van der Waals surface area contributed by atoms with Gasteiger partial charge < -0.3 is 10.0 Å². The maximum Gasteiger partial charge on any atom is 0.416 e. The smallest absolute Gasteiger partial charge is 0.391 e. The van der Waals surface area contributed by atoms with Crippen LogP contribution < -0.4 is 4.90 Å². The molecule has 1 saturated heterocycles. The number of aliphatic hydroxyl groups excluding tert-OH is 1. The highest BCUT2D eigenvalue weighted by atomic mass is 32.2. The molecule has 1 unspecified atom stereocenters. The molecule has 0 spiro atoms. The summed E-state index contributed by atoms with van der Waals surface area (Å²) in [6.45, 7) is 4.06. The normalized spacial score (nSPS) is 17.1. The number of halogens is 3. The van der Waals surface area contributed by atoms with Gasteiger partial charge in [-0.25, -0.2) is 0 Å². The highest BCUT2D eigenvalue weighted by Gasteiger charge is 2.30. The van der Waals surface area contributed by atoms with Crippen molar-refractivity contribution in [2.45, 2.75) is 17.2 Å². The van der Waals surface area contributed by atoms with E-state index >= 15 is 0 Å². The van der Waals surface area contributed by atoms with Crippen molar-refractivity contribution in [3.05, 3.63) is 60.2 Å². The number of nitrogens with zero attached hydrogens (tertiary/aromatic N) is 2. The Labute approximate surface area is 161 Å². The molecule has 1 N–H and O–H groups in total. The molecule has 2 aromatic rings. The van der Waals surface area contributed by atoms with Crippen LogP contribution in [0.15, 0.2) is 59.5 Å². The third-order valence-electron chi connectivity index (χ3n) is 4.57. The maximum absolute atomic E-state index is 12.8. The van der Waals surface area contributed by atoms with Gasteiger partial charge in [-0.1, -0.05) is 24.3 Å². The van der Waals surface area contributed by atoms with Crippen molar-refractivity contribution < 1.29 is 18.3 Å². The minimum absolute atomic E-state index is 0.375. The summed E-state index contributed by atoms with van der Waals surface area (Å²) in [4.78, 5) is 5.05. The molecule has 7 heteroatoms. The topological polar surface area (TPSA) is 26.7 Å². The minimum Gasteiger partial charge on any atom is -0.391 e. The average molecular weight is 396 g/mol. The van der Waals surface area contributed by atoms with E-state index in [1.807, 2.05) is 18.2 Å². The first-order chi connectivity index (χ1) is 12.9. The first-order valence-electron chi connectivity index (χ1n) is 8.92. The monoisotopic (exact) mass is 396 g/mol. The quantitative estimate of drug-likeness (QED) is 0.748. The van der Waals surface area contributed by atoms with Crippen LogP contribution in [0.3, 0.4) is 0 Å². The number of piperazine rings is 1. The Balaban J connectivity index is 1.43. The Hall–Kier alpha value is -1.70. The third-order valence-corrected chi connectivity index (χ3v) is 5.71. The maximum atomic E-state index is 12.8. The SMILES string of the molecule is OC(CSc1cccc(C(F)(F)F)c1)CN1CCN(c2ccccc2)CC1. The number of hydrogen-bond acceptors (Lipinski definition) is 4. The summed E-state index contributed by atoms with van der Waals surface area (Å²) in [5, 5.41) is 10.3. The number of hydrogen-bond donors (Lipinski definition) is 1. The molecule has 0 bridgehead atoms. The molecule has 0 saturated carbocycles. The Morgan fingerprint density at radius 2 is 1.67 bits per heavy atom. The molecule has 27 heavy (non-hydrogen) atoms. The molecule has 3 rings (SSSR count). The molecule has 0 aromatic heterocycles. The van der Waals surface area contributed by atoms with Crippen molar-refractivity contribution in [3.8, 4) is 0 Å². The van der Waals surface area contributed by atoms with E-state index in [0.29, 0.717) is 17.2 Å². The Morgan fingerprint density at radius 1 is 0.963 bits per heavy atom. The van der Waals surface area contributed by atoms with Crippen LogP contribution in [0.2, 0.25) is 0 Å². The molecule has 1 heterocycles. The van der Waals surface area contributed by atoms with E-state index in [1.165, 1.54) is 23.5 Å². The summed E-state index contributed by atoms with van der Waals surface area (Å²) in [6.07, 6.45) is -4.92. The standard InChI is InChI=1S/C20H23F3N2OS/c21-20(22,23)16-5-4-8-19(13-16)27-15-18(26)14-24-9-11-25(12-10-24)17-6-2-1-3-7-17/h1-8,13,18,26H,9-12,14-15H2. The van der Waals surface area contributed by atoms with E-state index in [1.54, 1.807) is 6.07 Å². The van der Waals surface area contributed by atoms with Crippen LogP contribution in [0.4, 0.5) is 18.9 Å². The fraction of sp³-hybridized carbons (Fsp3) is 0.400. The van der Waals surface area contributed by atoms with Crippen LogP contribution in [-0.4, -0.2) is 54.6 Å². The Bertz CT molecular complexity index is 719. The Kier molecular flexibility index (Phi) is 6.68. The number of aliphatic hydroxyl groups is 1. The number of thioether (sulfide) groups is 1. The summed E-state index contributed by atoms with van der Waals surface area (Å²) < 4.78 is 38.3. The van der Waals surface area contributed by atoms with Gasteiger partial charge in [0.15, 0.2) is 0 Å². The molecular formula is C20H23F3N2OS. The molecule has 0 aliphatic carbocycles. The molecule has 1 atom stereocenters. The minimum atomic E-state index is -4.34. The lowest BCUT2D eigenvalue weighted by Crippen LogP contribution is -2.48. The fourth-order valence-electron chi connectivity index (χ4n) is 3.13. The van der Waals surface area contributed by atoms with Crippen LogP contribution in [0.5, 0.6) is 0 Å². The zero-order valence-corrected chi connectivity index (χ0v) is 15.7. The summed E-state index contributed by atoms with van der Waals surface area (Å²) >= 11 is 1.26. The summed E-state index contributed by atoms with van der Waals surface area (Å²) in [7, 11) is 0. The molecular weight excluding hydrogens is 373 g/mol. The van der Waals surface area contributed by atoms with Gasteiger partial charge >= 0.3 is 6.18 Å². The van der Waals surface area contributed by atoms with E-state index in [9.17, 15) is 18.3 Å². The molecule has 1 aliphatic rings. The van der Waals surface area contributed by atoms with Gasteiger partial charge in [-0.2, -0.15) is 13.2 Å². The van der Waals surface area contributed by atoms with Gasteiger partial charge in [-0.3, -0.25) is 4.90 Å². The molecule has 146 valence electrons. The number of anilines is 1. The van der Waals surface area contributed by atoms with Gasteiger partial charge in [0.05, 0.1) is 11.7 Å². The van der Waals surface area contributed by atoms with Crippen molar-refractivity contribution in [1.29, 1.82) is 0 Å². The number of para-hydroxylation sites is 1.